The second-order valence-corrected chi connectivity index (χ2v) is 5.21. The van der Waals surface area contributed by atoms with Crippen molar-refractivity contribution in [3.05, 3.63) is 42.0 Å². The summed E-state index contributed by atoms with van der Waals surface area (Å²) in [6, 6.07) is 6.05. The van der Waals surface area contributed by atoms with Gasteiger partial charge in [-0.2, -0.15) is 0 Å². The topological polar surface area (TPSA) is 43.8 Å². The molecule has 0 saturated heterocycles. The lowest BCUT2D eigenvalue weighted by Gasteiger charge is -2.06. The number of aryl methyl sites for hydroxylation is 3. The van der Waals surface area contributed by atoms with E-state index < -0.39 is 0 Å². The van der Waals surface area contributed by atoms with Crippen LogP contribution in [0.25, 0.3) is 0 Å². The minimum absolute atomic E-state index is 0.829. The molecule has 17 heavy (non-hydrogen) atoms. The lowest BCUT2D eigenvalue weighted by atomic mass is 10.2. The summed E-state index contributed by atoms with van der Waals surface area (Å²) >= 11 is 1.83. The maximum Gasteiger partial charge on any atom is 0.109 e. The van der Waals surface area contributed by atoms with Gasteiger partial charge in [0.25, 0.3) is 0 Å². The summed E-state index contributed by atoms with van der Waals surface area (Å²) in [5, 5.41) is 0. The molecule has 1 heterocycles. The Morgan fingerprint density at radius 2 is 2.24 bits per heavy atom. The van der Waals surface area contributed by atoms with E-state index in [1.807, 2.05) is 43.3 Å². The van der Waals surface area contributed by atoms with Crippen molar-refractivity contribution >= 4 is 17.4 Å². The Morgan fingerprint density at radius 1 is 1.41 bits per heavy atom. The number of imidazole rings is 1. The number of nitrogen functional groups attached to an aromatic ring is 1. The maximum absolute atomic E-state index is 5.79. The number of hydrogen-bond acceptors (Lipinski definition) is 3. The van der Waals surface area contributed by atoms with Crippen molar-refractivity contribution in [3.8, 4) is 0 Å². The van der Waals surface area contributed by atoms with Gasteiger partial charge in [-0.1, -0.05) is 6.07 Å². The first kappa shape index (κ1) is 12.0. The average Bonchev–Trinajstić information content (AvgIpc) is 2.70. The molecule has 0 saturated carbocycles. The van der Waals surface area contributed by atoms with Crippen molar-refractivity contribution in [1.29, 1.82) is 0 Å². The molecule has 0 fully saturated rings. The van der Waals surface area contributed by atoms with Gasteiger partial charge < -0.3 is 10.3 Å². The molecular weight excluding hydrogens is 230 g/mol. The number of anilines is 1. The molecule has 0 aliphatic rings. The van der Waals surface area contributed by atoms with Crippen LogP contribution in [0.5, 0.6) is 0 Å². The molecule has 4 heteroatoms. The van der Waals surface area contributed by atoms with Gasteiger partial charge in [0.15, 0.2) is 0 Å². The molecule has 0 aliphatic heterocycles. The third-order valence-electron chi connectivity index (χ3n) is 2.72. The Labute approximate surface area is 106 Å². The van der Waals surface area contributed by atoms with Crippen LogP contribution in [-0.4, -0.2) is 15.3 Å². The van der Waals surface area contributed by atoms with Gasteiger partial charge in [0.05, 0.1) is 0 Å². The highest BCUT2D eigenvalue weighted by molar-refractivity contribution is 7.99. The van der Waals surface area contributed by atoms with E-state index >= 15 is 0 Å². The predicted octanol–water partition coefficient (Wildman–Crippen LogP) is 2.65. The molecule has 0 radical (unpaired) electrons. The van der Waals surface area contributed by atoms with Gasteiger partial charge in [-0.25, -0.2) is 4.98 Å². The zero-order valence-corrected chi connectivity index (χ0v) is 11.0. The Morgan fingerprint density at radius 3 is 2.94 bits per heavy atom. The minimum atomic E-state index is 0.829. The van der Waals surface area contributed by atoms with Crippen LogP contribution in [0, 0.1) is 6.92 Å². The number of hydrogen-bond donors (Lipinski definition) is 1. The van der Waals surface area contributed by atoms with E-state index in [0.717, 1.165) is 23.7 Å². The molecule has 2 aromatic rings. The first-order valence-corrected chi connectivity index (χ1v) is 6.60. The fraction of sp³-hybridized carbons (Fsp3) is 0.308. The van der Waals surface area contributed by atoms with Crippen LogP contribution in [-0.2, 0) is 13.5 Å². The molecule has 0 atom stereocenters. The normalized spacial score (nSPS) is 10.7. The SMILES string of the molecule is Cc1ccc(N)cc1SCCc1nccn1C. The van der Waals surface area contributed by atoms with Crippen molar-refractivity contribution in [3.63, 3.8) is 0 Å². The fourth-order valence-corrected chi connectivity index (χ4v) is 2.68. The number of rotatable bonds is 4. The molecular formula is C13H17N3S. The maximum atomic E-state index is 5.79. The van der Waals surface area contributed by atoms with E-state index in [9.17, 15) is 0 Å². The van der Waals surface area contributed by atoms with E-state index in [0.29, 0.717) is 0 Å². The molecule has 3 nitrogen and oxygen atoms in total. The van der Waals surface area contributed by atoms with E-state index in [-0.39, 0.29) is 0 Å². The minimum Gasteiger partial charge on any atom is -0.399 e. The average molecular weight is 247 g/mol. The van der Waals surface area contributed by atoms with E-state index in [1.165, 1.54) is 10.5 Å². The predicted molar refractivity (Wildman–Crippen MR) is 73.2 cm³/mol. The molecule has 90 valence electrons. The van der Waals surface area contributed by atoms with Crippen LogP contribution in [0.2, 0.25) is 0 Å². The van der Waals surface area contributed by atoms with Crippen molar-refractivity contribution < 1.29 is 0 Å². The highest BCUT2D eigenvalue weighted by atomic mass is 32.2. The van der Waals surface area contributed by atoms with Crippen LogP contribution in [0.3, 0.4) is 0 Å². The molecule has 2 rings (SSSR count). The first-order chi connectivity index (χ1) is 8.16. The summed E-state index contributed by atoms with van der Waals surface area (Å²) < 4.78 is 2.06. The molecule has 0 aliphatic carbocycles. The Kier molecular flexibility index (Phi) is 3.74. The van der Waals surface area contributed by atoms with Crippen LogP contribution in [0.15, 0.2) is 35.5 Å². The lowest BCUT2D eigenvalue weighted by molar-refractivity contribution is 0.811. The number of thioether (sulfide) groups is 1. The standard InChI is InChI=1S/C13H17N3S/c1-10-3-4-11(14)9-12(10)17-8-5-13-15-6-7-16(13)2/h3-4,6-7,9H,5,8,14H2,1-2H3. The zero-order chi connectivity index (χ0) is 12.3. The first-order valence-electron chi connectivity index (χ1n) is 5.62. The molecule has 2 N–H and O–H groups in total. The number of aromatic nitrogens is 2. The van der Waals surface area contributed by atoms with Crippen molar-refractivity contribution in [2.75, 3.05) is 11.5 Å². The Hall–Kier alpha value is -1.42. The highest BCUT2D eigenvalue weighted by Crippen LogP contribution is 2.25. The van der Waals surface area contributed by atoms with Crippen molar-refractivity contribution in [2.45, 2.75) is 18.2 Å². The number of nitrogens with two attached hydrogens (primary N) is 1. The highest BCUT2D eigenvalue weighted by Gasteiger charge is 2.02. The van der Waals surface area contributed by atoms with Crippen molar-refractivity contribution in [2.24, 2.45) is 7.05 Å². The zero-order valence-electron chi connectivity index (χ0n) is 10.2. The Bertz CT molecular complexity index is 505. The third kappa shape index (κ3) is 3.03. The molecule has 1 aromatic heterocycles. The van der Waals surface area contributed by atoms with Crippen molar-refractivity contribution in [1.82, 2.24) is 9.55 Å². The Balaban J connectivity index is 1.94. The second kappa shape index (κ2) is 5.27. The lowest BCUT2D eigenvalue weighted by Crippen LogP contribution is -1.99. The molecule has 0 spiro atoms. The summed E-state index contributed by atoms with van der Waals surface area (Å²) in [6.45, 7) is 2.11. The smallest absolute Gasteiger partial charge is 0.109 e. The summed E-state index contributed by atoms with van der Waals surface area (Å²) in [4.78, 5) is 5.58. The van der Waals surface area contributed by atoms with E-state index in [4.69, 9.17) is 5.73 Å². The largest absolute Gasteiger partial charge is 0.399 e. The van der Waals surface area contributed by atoms with Crippen LogP contribution in [0.1, 0.15) is 11.4 Å². The van der Waals surface area contributed by atoms with Gasteiger partial charge in [0, 0.05) is 42.2 Å². The van der Waals surface area contributed by atoms with Gasteiger partial charge in [0.1, 0.15) is 5.82 Å². The molecule has 0 amide bonds. The van der Waals surface area contributed by atoms with Crippen LogP contribution < -0.4 is 5.73 Å². The van der Waals surface area contributed by atoms with Crippen LogP contribution >= 0.6 is 11.8 Å². The van der Waals surface area contributed by atoms with Gasteiger partial charge >= 0.3 is 0 Å². The van der Waals surface area contributed by atoms with Gasteiger partial charge in [-0.15, -0.1) is 11.8 Å². The molecule has 0 bridgehead atoms. The fourth-order valence-electron chi connectivity index (χ4n) is 1.66. The summed E-state index contributed by atoms with van der Waals surface area (Å²) in [5.41, 5.74) is 7.90. The molecule has 1 aromatic carbocycles. The number of nitrogens with zero attached hydrogens (tertiary/aromatic N) is 2. The summed E-state index contributed by atoms with van der Waals surface area (Å²) in [6.07, 6.45) is 4.79. The second-order valence-electron chi connectivity index (χ2n) is 4.08. The third-order valence-corrected chi connectivity index (χ3v) is 3.88. The quantitative estimate of drug-likeness (QED) is 0.667. The molecule has 0 unspecified atom stereocenters. The van der Waals surface area contributed by atoms with Gasteiger partial charge in [-0.3, -0.25) is 0 Å². The van der Waals surface area contributed by atoms with Crippen LogP contribution in [0.4, 0.5) is 5.69 Å². The summed E-state index contributed by atoms with van der Waals surface area (Å²) in [5.74, 6) is 2.15. The summed E-state index contributed by atoms with van der Waals surface area (Å²) in [7, 11) is 2.03. The van der Waals surface area contributed by atoms with Gasteiger partial charge in [0.2, 0.25) is 0 Å². The van der Waals surface area contributed by atoms with Gasteiger partial charge in [-0.05, 0) is 24.6 Å². The number of benzene rings is 1. The monoisotopic (exact) mass is 247 g/mol. The van der Waals surface area contributed by atoms with E-state index in [1.54, 1.807) is 0 Å². The van der Waals surface area contributed by atoms with E-state index in [2.05, 4.69) is 22.5 Å².